The molecule has 38 heavy (non-hydrogen) atoms. The molecule has 2 saturated heterocycles. The van der Waals surface area contributed by atoms with Gasteiger partial charge in [0.2, 0.25) is 17.6 Å². The molecule has 3 amide bonds. The largest absolute Gasteiger partial charge is 0.370 e. The van der Waals surface area contributed by atoms with Gasteiger partial charge in [-0.05, 0) is 42.9 Å². The number of fused-ring (bicyclic) bond motifs is 1. The highest BCUT2D eigenvalue weighted by molar-refractivity contribution is 6.02. The zero-order chi connectivity index (χ0) is 26.8. The molecule has 0 aromatic heterocycles. The minimum atomic E-state index is -2.60. The van der Waals surface area contributed by atoms with E-state index in [2.05, 4.69) is 20.6 Å². The van der Waals surface area contributed by atoms with E-state index in [1.54, 1.807) is 6.07 Å². The number of carbonyl (C=O) groups is 3. The Balaban J connectivity index is 1.31. The number of nitrogens with two attached hydrogens (primary N) is 2. The number of aliphatic hydroxyl groups is 2. The molecule has 1 spiro atoms. The first kappa shape index (κ1) is 24.6. The van der Waals surface area contributed by atoms with E-state index in [9.17, 15) is 24.6 Å². The van der Waals surface area contributed by atoms with Gasteiger partial charge in [0.15, 0.2) is 17.6 Å². The minimum Gasteiger partial charge on any atom is -0.370 e. The van der Waals surface area contributed by atoms with Gasteiger partial charge < -0.3 is 37.2 Å². The van der Waals surface area contributed by atoms with Crippen LogP contribution in [-0.2, 0) is 22.4 Å². The first-order valence-corrected chi connectivity index (χ1v) is 13.1. The van der Waals surface area contributed by atoms with E-state index in [-0.39, 0.29) is 49.7 Å². The number of nitrogens with one attached hydrogen (secondary N) is 2. The third-order valence-electron chi connectivity index (χ3n) is 8.52. The molecule has 5 aliphatic rings. The Morgan fingerprint density at radius 2 is 1.82 bits per heavy atom. The van der Waals surface area contributed by atoms with Crippen LogP contribution < -0.4 is 22.1 Å². The highest BCUT2D eigenvalue weighted by Gasteiger charge is 2.73. The molecule has 2 fully saturated rings. The molecular weight excluding hydrogens is 492 g/mol. The molecule has 1 aliphatic carbocycles. The lowest BCUT2D eigenvalue weighted by atomic mass is 9.84. The monoisotopic (exact) mass is 524 g/mol. The van der Waals surface area contributed by atoms with Crippen LogP contribution in [0.1, 0.15) is 53.6 Å². The van der Waals surface area contributed by atoms with Crippen molar-refractivity contribution < 1.29 is 24.6 Å². The minimum absolute atomic E-state index is 0.0412. The number of carbonyl (C=O) groups excluding carboxylic acids is 3. The number of guanidine groups is 2. The Labute approximate surface area is 218 Å². The average molecular weight is 525 g/mol. The van der Waals surface area contributed by atoms with Crippen molar-refractivity contribution in [3.63, 3.8) is 0 Å². The van der Waals surface area contributed by atoms with Crippen LogP contribution in [-0.4, -0.2) is 92.3 Å². The van der Waals surface area contributed by atoms with Crippen molar-refractivity contribution in [1.29, 1.82) is 0 Å². The maximum Gasteiger partial charge on any atom is 0.252 e. The Morgan fingerprint density at radius 1 is 1.08 bits per heavy atom. The fourth-order valence-corrected chi connectivity index (χ4v) is 6.66. The maximum atomic E-state index is 13.5. The normalized spacial score (nSPS) is 31.6. The smallest absolute Gasteiger partial charge is 0.252 e. The Morgan fingerprint density at radius 3 is 2.58 bits per heavy atom. The first-order chi connectivity index (χ1) is 18.1. The standard InChI is InChI=1S/C25H32N8O5/c26-22-30-20-16(11-32-18(34)9-10-19(32)35)28-23(27)33-12-17(25(37,38)24(20,33)31-22)29-21(36)15-8-4-6-13-5-2-1-3-7-14(13)15/h4,6,8,16-17,20,37-38H,1-3,5,7,9-12H2,(H2,27,28)(H,29,36)(H3,26,30,31)/t16-,17?,20?,24?/m0/s1. The summed E-state index contributed by atoms with van der Waals surface area (Å²) in [6.07, 6.45) is 5.05. The van der Waals surface area contributed by atoms with Crippen molar-refractivity contribution >= 4 is 29.6 Å². The maximum absolute atomic E-state index is 13.5. The summed E-state index contributed by atoms with van der Waals surface area (Å²) < 4.78 is 0. The molecule has 3 unspecified atom stereocenters. The molecular formula is C25H32N8O5. The van der Waals surface area contributed by atoms with Gasteiger partial charge in [0, 0.05) is 24.9 Å². The Kier molecular flexibility index (Phi) is 5.61. The van der Waals surface area contributed by atoms with Crippen LogP contribution in [0, 0.1) is 0 Å². The van der Waals surface area contributed by atoms with Crippen molar-refractivity contribution in [1.82, 2.24) is 20.4 Å². The van der Waals surface area contributed by atoms with Gasteiger partial charge >= 0.3 is 0 Å². The highest BCUT2D eigenvalue weighted by Crippen LogP contribution is 2.45. The van der Waals surface area contributed by atoms with Crippen molar-refractivity contribution in [2.24, 2.45) is 21.5 Å². The van der Waals surface area contributed by atoms with Gasteiger partial charge in [-0.3, -0.25) is 19.3 Å². The summed E-state index contributed by atoms with van der Waals surface area (Å²) in [4.78, 5) is 49.5. The molecule has 1 aromatic carbocycles. The van der Waals surface area contributed by atoms with Crippen molar-refractivity contribution in [2.75, 3.05) is 13.1 Å². The predicted molar refractivity (Wildman–Crippen MR) is 135 cm³/mol. The molecule has 13 nitrogen and oxygen atoms in total. The van der Waals surface area contributed by atoms with Gasteiger partial charge in [-0.25, -0.2) is 9.98 Å². The van der Waals surface area contributed by atoms with Gasteiger partial charge in [-0.2, -0.15) is 0 Å². The zero-order valence-electron chi connectivity index (χ0n) is 20.9. The number of imide groups is 1. The van der Waals surface area contributed by atoms with E-state index >= 15 is 0 Å². The van der Waals surface area contributed by atoms with Crippen LogP contribution in [0.3, 0.4) is 0 Å². The van der Waals surface area contributed by atoms with Gasteiger partial charge in [0.1, 0.15) is 12.1 Å². The highest BCUT2D eigenvalue weighted by atomic mass is 16.5. The third kappa shape index (κ3) is 3.48. The number of aryl methyl sites for hydroxylation is 1. The second-order valence-electron chi connectivity index (χ2n) is 10.7. The summed E-state index contributed by atoms with van der Waals surface area (Å²) in [5, 5.41) is 29.0. The molecule has 4 atom stereocenters. The lowest BCUT2D eigenvalue weighted by Gasteiger charge is -2.49. The van der Waals surface area contributed by atoms with Gasteiger partial charge in [-0.1, -0.05) is 18.6 Å². The molecule has 13 heteroatoms. The summed E-state index contributed by atoms with van der Waals surface area (Å²) in [5.74, 6) is -3.79. The van der Waals surface area contributed by atoms with E-state index in [0.717, 1.165) is 48.1 Å². The zero-order valence-corrected chi connectivity index (χ0v) is 20.9. The number of likely N-dealkylation sites (tertiary alicyclic amines) is 1. The van der Waals surface area contributed by atoms with Crippen molar-refractivity contribution in [3.8, 4) is 0 Å². The molecule has 8 N–H and O–H groups in total. The summed E-state index contributed by atoms with van der Waals surface area (Å²) in [6, 6.07) is 2.58. The summed E-state index contributed by atoms with van der Waals surface area (Å²) in [6.45, 7) is -0.204. The second kappa shape index (κ2) is 8.67. The molecule has 4 heterocycles. The van der Waals surface area contributed by atoms with Crippen molar-refractivity contribution in [2.45, 2.75) is 74.5 Å². The topological polar surface area (TPSA) is 199 Å². The predicted octanol–water partition coefficient (Wildman–Crippen LogP) is -2.12. The number of benzene rings is 1. The molecule has 4 aliphatic heterocycles. The lowest BCUT2D eigenvalue weighted by molar-refractivity contribution is -0.230. The molecule has 0 radical (unpaired) electrons. The second-order valence-corrected chi connectivity index (χ2v) is 10.7. The van der Waals surface area contributed by atoms with Gasteiger partial charge in [-0.15, -0.1) is 0 Å². The van der Waals surface area contributed by atoms with Gasteiger partial charge in [0.25, 0.3) is 5.91 Å². The fourth-order valence-electron chi connectivity index (χ4n) is 6.66. The number of hydrogen-bond acceptors (Lipinski definition) is 11. The van der Waals surface area contributed by atoms with Crippen LogP contribution in [0.2, 0.25) is 0 Å². The number of hydrogen-bond donors (Lipinski definition) is 6. The van der Waals surface area contributed by atoms with Crippen molar-refractivity contribution in [3.05, 3.63) is 34.9 Å². The van der Waals surface area contributed by atoms with Crippen LogP contribution in [0.15, 0.2) is 28.2 Å². The number of rotatable bonds is 4. The molecule has 0 bridgehead atoms. The molecule has 0 saturated carbocycles. The number of nitrogens with zero attached hydrogens (tertiary/aromatic N) is 4. The van der Waals surface area contributed by atoms with E-state index in [1.807, 2.05) is 12.1 Å². The third-order valence-corrected chi connectivity index (χ3v) is 8.52. The van der Waals surface area contributed by atoms with Crippen LogP contribution in [0.25, 0.3) is 0 Å². The van der Waals surface area contributed by atoms with Crippen LogP contribution in [0.4, 0.5) is 0 Å². The fraction of sp³-hybridized carbons (Fsp3) is 0.560. The Bertz CT molecular complexity index is 1260. The number of amides is 3. The van der Waals surface area contributed by atoms with E-state index in [1.165, 1.54) is 4.90 Å². The van der Waals surface area contributed by atoms with Crippen LogP contribution in [0.5, 0.6) is 0 Å². The van der Waals surface area contributed by atoms with E-state index in [4.69, 9.17) is 11.5 Å². The molecule has 202 valence electrons. The summed E-state index contributed by atoms with van der Waals surface area (Å²) in [5.41, 5.74) is 13.2. The SMILES string of the molecule is NC1=NC2[C@H](CN3C(=O)CCC3=O)N=C(N)N3CC(NC(=O)c4cccc5c4CCCCC5)C(O)(O)C23N1. The lowest BCUT2D eigenvalue weighted by Crippen LogP contribution is -2.78. The van der Waals surface area contributed by atoms with Crippen LogP contribution >= 0.6 is 0 Å². The quantitative estimate of drug-likeness (QED) is 0.145. The van der Waals surface area contributed by atoms with E-state index < -0.39 is 35.5 Å². The van der Waals surface area contributed by atoms with Gasteiger partial charge in [0.05, 0.1) is 12.6 Å². The molecule has 1 aromatic rings. The number of aliphatic imine (C=N–C) groups is 2. The summed E-state index contributed by atoms with van der Waals surface area (Å²) >= 11 is 0. The Hall–Kier alpha value is -3.71. The first-order valence-electron chi connectivity index (χ1n) is 13.1. The van der Waals surface area contributed by atoms with E-state index in [0.29, 0.717) is 5.56 Å². The molecule has 6 rings (SSSR count). The summed E-state index contributed by atoms with van der Waals surface area (Å²) in [7, 11) is 0. The average Bonchev–Trinajstić information content (AvgIpc) is 3.37.